The van der Waals surface area contributed by atoms with E-state index < -0.39 is 0 Å². The monoisotopic (exact) mass is 337 g/mol. The lowest BCUT2D eigenvalue weighted by Gasteiger charge is -2.32. The average Bonchev–Trinajstić information content (AvgIpc) is 3.18. The van der Waals surface area contributed by atoms with E-state index in [-0.39, 0.29) is 0 Å². The molecule has 2 aromatic heterocycles. The standard InChI is InChI=1S/C20H27N5/c1-2-13-25(12-1)20-6-5-19(22-23-20)14-18-4-3-11-24(16-18)15-17-7-9-21-10-8-17/h5-10,18H,1-4,11-16H2/t18-/m0/s1. The van der Waals surface area contributed by atoms with Crippen LogP contribution < -0.4 is 4.90 Å². The van der Waals surface area contributed by atoms with Gasteiger partial charge < -0.3 is 4.90 Å². The third-order valence-electron chi connectivity index (χ3n) is 5.39. The minimum atomic E-state index is 0.683. The number of piperidine rings is 1. The van der Waals surface area contributed by atoms with E-state index in [9.17, 15) is 0 Å². The molecule has 0 spiro atoms. The van der Waals surface area contributed by atoms with Gasteiger partial charge in [0, 0.05) is 38.6 Å². The number of hydrogen-bond donors (Lipinski definition) is 0. The predicted octanol–water partition coefficient (Wildman–Crippen LogP) is 2.93. The van der Waals surface area contributed by atoms with E-state index in [1.165, 1.54) is 37.8 Å². The minimum absolute atomic E-state index is 0.683. The van der Waals surface area contributed by atoms with Crippen LogP contribution in [0.3, 0.4) is 0 Å². The van der Waals surface area contributed by atoms with Gasteiger partial charge in [0.2, 0.25) is 0 Å². The molecule has 0 bridgehead atoms. The molecule has 0 aliphatic carbocycles. The minimum Gasteiger partial charge on any atom is -0.355 e. The van der Waals surface area contributed by atoms with Crippen molar-refractivity contribution in [2.45, 2.75) is 38.6 Å². The van der Waals surface area contributed by atoms with Crippen molar-refractivity contribution in [1.82, 2.24) is 20.1 Å². The summed E-state index contributed by atoms with van der Waals surface area (Å²) in [5.74, 6) is 1.73. The molecule has 0 N–H and O–H groups in total. The molecule has 2 fully saturated rings. The summed E-state index contributed by atoms with van der Waals surface area (Å²) in [5, 5.41) is 8.98. The smallest absolute Gasteiger partial charge is 0.151 e. The highest BCUT2D eigenvalue weighted by molar-refractivity contribution is 5.38. The quantitative estimate of drug-likeness (QED) is 0.839. The van der Waals surface area contributed by atoms with Gasteiger partial charge >= 0.3 is 0 Å². The maximum Gasteiger partial charge on any atom is 0.151 e. The van der Waals surface area contributed by atoms with Crippen LogP contribution in [-0.2, 0) is 13.0 Å². The summed E-state index contributed by atoms with van der Waals surface area (Å²) in [7, 11) is 0. The van der Waals surface area contributed by atoms with Crippen molar-refractivity contribution in [3.8, 4) is 0 Å². The molecule has 2 aliphatic heterocycles. The first kappa shape index (κ1) is 16.5. The molecule has 5 nitrogen and oxygen atoms in total. The molecule has 0 aromatic carbocycles. The highest BCUT2D eigenvalue weighted by Gasteiger charge is 2.21. The van der Waals surface area contributed by atoms with E-state index in [1.54, 1.807) is 0 Å². The third-order valence-corrected chi connectivity index (χ3v) is 5.39. The maximum absolute atomic E-state index is 4.51. The van der Waals surface area contributed by atoms with E-state index in [4.69, 9.17) is 0 Å². The number of likely N-dealkylation sites (tertiary alicyclic amines) is 1. The van der Waals surface area contributed by atoms with Crippen molar-refractivity contribution in [3.05, 3.63) is 47.9 Å². The highest BCUT2D eigenvalue weighted by Crippen LogP contribution is 2.22. The van der Waals surface area contributed by atoms with Crippen LogP contribution in [0.15, 0.2) is 36.7 Å². The Hall–Kier alpha value is -2.01. The summed E-state index contributed by atoms with van der Waals surface area (Å²) >= 11 is 0. The summed E-state index contributed by atoms with van der Waals surface area (Å²) < 4.78 is 0. The molecule has 1 atom stereocenters. The Morgan fingerprint density at radius 2 is 1.76 bits per heavy atom. The van der Waals surface area contributed by atoms with Gasteiger partial charge in [-0.05, 0) is 74.4 Å². The zero-order chi connectivity index (χ0) is 16.9. The van der Waals surface area contributed by atoms with Gasteiger partial charge in [-0.2, -0.15) is 5.10 Å². The van der Waals surface area contributed by atoms with E-state index in [2.05, 4.69) is 49.2 Å². The van der Waals surface area contributed by atoms with Crippen LogP contribution in [0.1, 0.15) is 36.9 Å². The molecule has 2 aliphatic rings. The normalized spacial score (nSPS) is 21.6. The lowest BCUT2D eigenvalue weighted by molar-refractivity contribution is 0.166. The van der Waals surface area contributed by atoms with E-state index in [0.29, 0.717) is 5.92 Å². The van der Waals surface area contributed by atoms with Crippen molar-refractivity contribution in [2.75, 3.05) is 31.1 Å². The van der Waals surface area contributed by atoms with Crippen LogP contribution in [-0.4, -0.2) is 46.3 Å². The summed E-state index contributed by atoms with van der Waals surface area (Å²) in [4.78, 5) is 9.01. The van der Waals surface area contributed by atoms with Gasteiger partial charge in [-0.15, -0.1) is 5.10 Å². The van der Waals surface area contributed by atoms with Crippen molar-refractivity contribution < 1.29 is 0 Å². The Labute approximate surface area is 150 Å². The van der Waals surface area contributed by atoms with E-state index >= 15 is 0 Å². The summed E-state index contributed by atoms with van der Waals surface area (Å²) in [6.07, 6.45) is 9.93. The number of anilines is 1. The first-order valence-corrected chi connectivity index (χ1v) is 9.55. The molecule has 4 heterocycles. The molecule has 4 rings (SSSR count). The Kier molecular flexibility index (Phi) is 5.21. The van der Waals surface area contributed by atoms with Crippen LogP contribution in [0, 0.1) is 5.92 Å². The molecule has 0 unspecified atom stereocenters. The van der Waals surface area contributed by atoms with Crippen molar-refractivity contribution in [1.29, 1.82) is 0 Å². The molecule has 5 heteroatoms. The van der Waals surface area contributed by atoms with Gasteiger partial charge in [-0.3, -0.25) is 9.88 Å². The predicted molar refractivity (Wildman–Crippen MR) is 99.4 cm³/mol. The Balaban J connectivity index is 1.32. The highest BCUT2D eigenvalue weighted by atomic mass is 15.3. The number of hydrogen-bond acceptors (Lipinski definition) is 5. The number of pyridine rings is 1. The van der Waals surface area contributed by atoms with Gasteiger partial charge in [-0.1, -0.05) is 0 Å². The van der Waals surface area contributed by atoms with E-state index in [1.807, 2.05) is 12.4 Å². The molecule has 132 valence electrons. The lowest BCUT2D eigenvalue weighted by Crippen LogP contribution is -2.35. The average molecular weight is 337 g/mol. The molecule has 25 heavy (non-hydrogen) atoms. The molecule has 0 saturated carbocycles. The number of nitrogens with zero attached hydrogens (tertiary/aromatic N) is 5. The van der Waals surface area contributed by atoms with Gasteiger partial charge in [-0.25, -0.2) is 0 Å². The van der Waals surface area contributed by atoms with Crippen LogP contribution in [0.25, 0.3) is 0 Å². The molecule has 0 radical (unpaired) electrons. The maximum atomic E-state index is 4.51. The van der Waals surface area contributed by atoms with Gasteiger partial charge in [0.25, 0.3) is 0 Å². The van der Waals surface area contributed by atoms with Crippen molar-refractivity contribution >= 4 is 5.82 Å². The molecule has 2 saturated heterocycles. The third kappa shape index (κ3) is 4.34. The molecular formula is C20H27N5. The van der Waals surface area contributed by atoms with Crippen molar-refractivity contribution in [3.63, 3.8) is 0 Å². The Bertz CT molecular complexity index is 652. The molecular weight excluding hydrogens is 310 g/mol. The lowest BCUT2D eigenvalue weighted by atomic mass is 9.93. The Morgan fingerprint density at radius 1 is 0.920 bits per heavy atom. The van der Waals surface area contributed by atoms with Gasteiger partial charge in [0.05, 0.1) is 5.69 Å². The number of aromatic nitrogens is 3. The van der Waals surface area contributed by atoms with Crippen LogP contribution >= 0.6 is 0 Å². The van der Waals surface area contributed by atoms with Crippen molar-refractivity contribution in [2.24, 2.45) is 5.92 Å². The van der Waals surface area contributed by atoms with Gasteiger partial charge in [0.1, 0.15) is 0 Å². The second-order valence-electron chi connectivity index (χ2n) is 7.38. The van der Waals surface area contributed by atoms with Crippen LogP contribution in [0.2, 0.25) is 0 Å². The number of rotatable bonds is 5. The van der Waals surface area contributed by atoms with Gasteiger partial charge in [0.15, 0.2) is 5.82 Å². The fourth-order valence-electron chi connectivity index (χ4n) is 4.08. The fourth-order valence-corrected chi connectivity index (χ4v) is 4.08. The van der Waals surface area contributed by atoms with Crippen LogP contribution in [0.4, 0.5) is 5.82 Å². The zero-order valence-electron chi connectivity index (χ0n) is 14.8. The topological polar surface area (TPSA) is 45.2 Å². The first-order valence-electron chi connectivity index (χ1n) is 9.55. The summed E-state index contributed by atoms with van der Waals surface area (Å²) in [6.45, 7) is 5.62. The second-order valence-corrected chi connectivity index (χ2v) is 7.38. The largest absolute Gasteiger partial charge is 0.355 e. The fraction of sp³-hybridized carbons (Fsp3) is 0.550. The molecule has 2 aromatic rings. The summed E-state index contributed by atoms with van der Waals surface area (Å²) in [6, 6.07) is 8.58. The van der Waals surface area contributed by atoms with E-state index in [0.717, 1.165) is 44.1 Å². The molecule has 0 amide bonds. The zero-order valence-corrected chi connectivity index (χ0v) is 14.8. The Morgan fingerprint density at radius 3 is 2.52 bits per heavy atom. The first-order chi connectivity index (χ1) is 12.4. The second kappa shape index (κ2) is 7.91. The van der Waals surface area contributed by atoms with Crippen LogP contribution in [0.5, 0.6) is 0 Å². The SMILES string of the molecule is c1cc(CN2CCC[C@@H](Cc3ccc(N4CCCC4)nn3)C2)ccn1. The summed E-state index contributed by atoms with van der Waals surface area (Å²) in [5.41, 5.74) is 2.49.